The van der Waals surface area contributed by atoms with Crippen molar-refractivity contribution in [3.05, 3.63) is 0 Å². The third kappa shape index (κ3) is 1.37. The lowest BCUT2D eigenvalue weighted by Crippen LogP contribution is -2.25. The summed E-state index contributed by atoms with van der Waals surface area (Å²) in [5.41, 5.74) is 0. The summed E-state index contributed by atoms with van der Waals surface area (Å²) in [4.78, 5) is 0. The van der Waals surface area contributed by atoms with Crippen LogP contribution in [0.3, 0.4) is 0 Å². The number of halogens is 2. The minimum absolute atomic E-state index is 1.55. The standard InChI is InChI=1S/C3H4F2O4S2/c1-10(6)3(4,5)2-11(7,8)9-10/h1-2H2. The van der Waals surface area contributed by atoms with Gasteiger partial charge < -0.3 is 0 Å². The van der Waals surface area contributed by atoms with Gasteiger partial charge >= 0.3 is 5.25 Å². The van der Waals surface area contributed by atoms with Crippen LogP contribution in [-0.2, 0) is 23.6 Å². The minimum atomic E-state index is -4.35. The smallest absolute Gasteiger partial charge is 0.234 e. The molecule has 0 aromatic heterocycles. The molecule has 0 N–H and O–H groups in total. The van der Waals surface area contributed by atoms with E-state index in [4.69, 9.17) is 0 Å². The number of rotatable bonds is 0. The predicted octanol–water partition coefficient (Wildman–Crippen LogP) is -0.429. The first kappa shape index (κ1) is 8.88. The molecule has 4 nitrogen and oxygen atoms in total. The van der Waals surface area contributed by atoms with Crippen molar-refractivity contribution in [2.45, 2.75) is 5.25 Å². The van der Waals surface area contributed by atoms with E-state index in [1.54, 1.807) is 0 Å². The van der Waals surface area contributed by atoms with Crippen LogP contribution in [0.15, 0.2) is 0 Å². The second-order valence-corrected chi connectivity index (χ2v) is 5.80. The predicted molar refractivity (Wildman–Crippen MR) is 35.1 cm³/mol. The lowest BCUT2D eigenvalue weighted by Gasteiger charge is -2.05. The minimum Gasteiger partial charge on any atom is -0.234 e. The van der Waals surface area contributed by atoms with E-state index in [1.807, 2.05) is 0 Å². The quantitative estimate of drug-likeness (QED) is 0.505. The van der Waals surface area contributed by atoms with E-state index in [1.165, 1.54) is 0 Å². The Kier molecular flexibility index (Phi) is 1.56. The average Bonchev–Trinajstić information content (AvgIpc) is 1.66. The molecule has 0 aliphatic carbocycles. The Bertz CT molecular complexity index is 364. The molecule has 0 saturated carbocycles. The molecule has 0 amide bonds. The zero-order chi connectivity index (χ0) is 8.91. The van der Waals surface area contributed by atoms with Gasteiger partial charge in [0.05, 0.1) is 0 Å². The number of hydrogen-bond acceptors (Lipinski definition) is 4. The lowest BCUT2D eigenvalue weighted by atomic mass is 10.8. The average molecular weight is 206 g/mol. The Morgan fingerprint density at radius 2 is 1.82 bits per heavy atom. The van der Waals surface area contributed by atoms with Gasteiger partial charge in [-0.15, -0.1) is 0 Å². The zero-order valence-electron chi connectivity index (χ0n) is 5.12. The summed E-state index contributed by atoms with van der Waals surface area (Å²) in [6.07, 6.45) is 0. The number of hydrogen-bond donors (Lipinski definition) is 0. The fourth-order valence-electron chi connectivity index (χ4n) is 0.537. The molecule has 0 radical (unpaired) electrons. The van der Waals surface area contributed by atoms with Crippen molar-refractivity contribution >= 4 is 25.8 Å². The van der Waals surface area contributed by atoms with E-state index >= 15 is 0 Å². The highest BCUT2D eigenvalue weighted by Crippen LogP contribution is 2.33. The first-order valence-electron chi connectivity index (χ1n) is 2.35. The van der Waals surface area contributed by atoms with Crippen LogP contribution in [0.4, 0.5) is 8.78 Å². The summed E-state index contributed by atoms with van der Waals surface area (Å²) < 4.78 is 59.6. The van der Waals surface area contributed by atoms with Crippen LogP contribution in [0, 0.1) is 0 Å². The summed E-state index contributed by atoms with van der Waals surface area (Å²) in [6, 6.07) is 0. The molecule has 0 bridgehead atoms. The highest BCUT2D eigenvalue weighted by Gasteiger charge is 2.54. The van der Waals surface area contributed by atoms with Crippen molar-refractivity contribution in [1.29, 1.82) is 0 Å². The van der Waals surface area contributed by atoms with Gasteiger partial charge in [0, 0.05) is 0 Å². The normalized spacial score (nSPS) is 40.5. The number of alkyl halides is 2. The van der Waals surface area contributed by atoms with Crippen molar-refractivity contribution in [1.82, 2.24) is 0 Å². The molecule has 66 valence electrons. The van der Waals surface area contributed by atoms with E-state index in [2.05, 4.69) is 9.50 Å². The van der Waals surface area contributed by atoms with Crippen LogP contribution < -0.4 is 0 Å². The molecule has 0 aromatic rings. The molecule has 0 aromatic carbocycles. The van der Waals surface area contributed by atoms with Gasteiger partial charge in [-0.1, -0.05) is 0 Å². The van der Waals surface area contributed by atoms with Crippen LogP contribution in [-0.4, -0.2) is 29.5 Å². The third-order valence-corrected chi connectivity index (χ3v) is 4.68. The maximum atomic E-state index is 12.4. The van der Waals surface area contributed by atoms with E-state index in [0.717, 1.165) is 0 Å². The summed E-state index contributed by atoms with van der Waals surface area (Å²) in [5, 5.41) is -3.87. The molecule has 1 aliphatic rings. The van der Waals surface area contributed by atoms with Crippen molar-refractivity contribution in [2.24, 2.45) is 0 Å². The molecule has 1 fully saturated rings. The molecule has 0 spiro atoms. The van der Waals surface area contributed by atoms with E-state index in [0.29, 0.717) is 0 Å². The maximum Gasteiger partial charge on any atom is 0.352 e. The van der Waals surface area contributed by atoms with Gasteiger partial charge in [0.15, 0.2) is 15.6 Å². The molecular weight excluding hydrogens is 202 g/mol. The van der Waals surface area contributed by atoms with Gasteiger partial charge in [-0.05, 0) is 5.87 Å². The van der Waals surface area contributed by atoms with E-state index < -0.39 is 30.9 Å². The molecular formula is C3H4F2O4S2. The highest BCUT2D eigenvalue weighted by atomic mass is 32.3. The van der Waals surface area contributed by atoms with Gasteiger partial charge in [-0.25, -0.2) is 4.21 Å². The van der Waals surface area contributed by atoms with Crippen LogP contribution in [0.1, 0.15) is 0 Å². The molecule has 1 heterocycles. The van der Waals surface area contributed by atoms with Gasteiger partial charge in [0.25, 0.3) is 10.1 Å². The maximum absolute atomic E-state index is 12.4. The summed E-state index contributed by atoms with van der Waals surface area (Å²) in [6.45, 7) is 0. The first-order chi connectivity index (χ1) is 4.66. The van der Waals surface area contributed by atoms with Crippen LogP contribution in [0.5, 0.6) is 0 Å². The Balaban J connectivity index is 3.31. The van der Waals surface area contributed by atoms with Crippen molar-refractivity contribution in [3.8, 4) is 0 Å². The third-order valence-electron chi connectivity index (χ3n) is 1.01. The van der Waals surface area contributed by atoms with Crippen molar-refractivity contribution < 1.29 is 25.0 Å². The van der Waals surface area contributed by atoms with Gasteiger partial charge in [0.1, 0.15) is 0 Å². The largest absolute Gasteiger partial charge is 0.352 e. The molecule has 1 atom stereocenters. The molecule has 1 rings (SSSR count). The van der Waals surface area contributed by atoms with Gasteiger partial charge in [-0.2, -0.15) is 20.8 Å². The topological polar surface area (TPSA) is 60.4 Å². The second-order valence-electron chi connectivity index (χ2n) is 2.02. The van der Waals surface area contributed by atoms with Gasteiger partial charge in [-0.3, -0.25) is 0 Å². The van der Waals surface area contributed by atoms with E-state index in [9.17, 15) is 21.4 Å². The Hall–Kier alpha value is -0.210. The van der Waals surface area contributed by atoms with Crippen molar-refractivity contribution in [3.63, 3.8) is 0 Å². The monoisotopic (exact) mass is 206 g/mol. The fraction of sp³-hybridized carbons (Fsp3) is 0.667. The first-order valence-corrected chi connectivity index (χ1v) is 5.58. The lowest BCUT2D eigenvalue weighted by molar-refractivity contribution is 0.125. The zero-order valence-corrected chi connectivity index (χ0v) is 6.75. The molecule has 1 saturated heterocycles. The summed E-state index contributed by atoms with van der Waals surface area (Å²) in [7, 11) is -8.60. The molecule has 11 heavy (non-hydrogen) atoms. The van der Waals surface area contributed by atoms with Crippen LogP contribution in [0.25, 0.3) is 0 Å². The molecule has 1 unspecified atom stereocenters. The van der Waals surface area contributed by atoms with Crippen LogP contribution >= 0.6 is 0 Å². The van der Waals surface area contributed by atoms with Crippen LogP contribution in [0.2, 0.25) is 0 Å². The van der Waals surface area contributed by atoms with Gasteiger partial charge in [0.2, 0.25) is 0 Å². The Labute approximate surface area is 62.5 Å². The summed E-state index contributed by atoms with van der Waals surface area (Å²) >= 11 is 0. The SMILES string of the molecule is C=S1(=O)OS(=O)(=O)CC1(F)F. The summed E-state index contributed by atoms with van der Waals surface area (Å²) in [5.74, 6) is 0.941. The van der Waals surface area contributed by atoms with E-state index in [-0.39, 0.29) is 0 Å². The fourth-order valence-corrected chi connectivity index (χ4v) is 4.03. The van der Waals surface area contributed by atoms with Crippen molar-refractivity contribution in [2.75, 3.05) is 5.75 Å². The second kappa shape index (κ2) is 1.93. The molecule has 1 aliphatic heterocycles. The molecule has 8 heteroatoms. The Morgan fingerprint density at radius 3 is 1.91 bits per heavy atom. The highest BCUT2D eigenvalue weighted by molar-refractivity contribution is 8.08. The Morgan fingerprint density at radius 1 is 1.36 bits per heavy atom.